The molecule has 2 aromatic carbocycles. The molecule has 2 aromatic rings. The zero-order valence-corrected chi connectivity index (χ0v) is 12.0. The van der Waals surface area contributed by atoms with E-state index in [1.165, 1.54) is 12.1 Å². The van der Waals surface area contributed by atoms with E-state index in [0.717, 1.165) is 16.9 Å². The second kappa shape index (κ2) is 6.27. The van der Waals surface area contributed by atoms with Gasteiger partial charge in [0, 0.05) is 28.8 Å². The highest BCUT2D eigenvalue weighted by Crippen LogP contribution is 2.32. The van der Waals surface area contributed by atoms with Crippen molar-refractivity contribution >= 4 is 34.6 Å². The topological polar surface area (TPSA) is 3.24 Å². The van der Waals surface area contributed by atoms with Gasteiger partial charge in [-0.3, -0.25) is 0 Å². The summed E-state index contributed by atoms with van der Waals surface area (Å²) in [6, 6.07) is 12.0. The average molecular weight is 298 g/mol. The first-order valence-corrected chi connectivity index (χ1v) is 6.94. The molecule has 1 nitrogen and oxygen atoms in total. The molecule has 0 saturated heterocycles. The summed E-state index contributed by atoms with van der Waals surface area (Å²) in [6.45, 7) is 2.71. The van der Waals surface area contributed by atoms with Crippen LogP contribution >= 0.6 is 23.2 Å². The molecule has 0 aliphatic heterocycles. The Morgan fingerprint density at radius 2 is 1.95 bits per heavy atom. The van der Waals surface area contributed by atoms with Crippen molar-refractivity contribution in [3.05, 3.63) is 58.9 Å². The number of alkyl halides is 1. The van der Waals surface area contributed by atoms with E-state index in [1.54, 1.807) is 6.07 Å². The molecule has 0 radical (unpaired) electrons. The minimum Gasteiger partial charge on any atom is -0.341 e. The Balaban J connectivity index is 2.50. The third-order valence-electron chi connectivity index (χ3n) is 2.92. The number of halogens is 3. The quantitative estimate of drug-likeness (QED) is 0.685. The molecule has 0 spiro atoms. The zero-order chi connectivity index (χ0) is 13.8. The van der Waals surface area contributed by atoms with Gasteiger partial charge >= 0.3 is 0 Å². The summed E-state index contributed by atoms with van der Waals surface area (Å²) in [6.07, 6.45) is 0. The van der Waals surface area contributed by atoms with Gasteiger partial charge in [-0.1, -0.05) is 23.7 Å². The molecule has 0 atom stereocenters. The number of hydrogen-bond acceptors (Lipinski definition) is 1. The summed E-state index contributed by atoms with van der Waals surface area (Å²) in [5.74, 6) is 0.128. The van der Waals surface area contributed by atoms with Gasteiger partial charge in [0.15, 0.2) is 0 Å². The lowest BCUT2D eigenvalue weighted by Crippen LogP contribution is -2.17. The maximum Gasteiger partial charge on any atom is 0.125 e. The van der Waals surface area contributed by atoms with E-state index in [0.29, 0.717) is 17.4 Å². The van der Waals surface area contributed by atoms with Crippen LogP contribution in [0.4, 0.5) is 15.8 Å². The molecular weight excluding hydrogens is 284 g/mol. The molecule has 0 aromatic heterocycles. The lowest BCUT2D eigenvalue weighted by Gasteiger charge is -2.25. The normalized spacial score (nSPS) is 10.5. The zero-order valence-electron chi connectivity index (χ0n) is 10.5. The second-order valence-electron chi connectivity index (χ2n) is 4.13. The number of nitrogens with zero attached hydrogens (tertiary/aromatic N) is 1. The van der Waals surface area contributed by atoms with Crippen LogP contribution in [0.2, 0.25) is 5.02 Å². The van der Waals surface area contributed by atoms with Gasteiger partial charge in [0.05, 0.1) is 0 Å². The van der Waals surface area contributed by atoms with Crippen LogP contribution in [0.1, 0.15) is 12.5 Å². The molecule has 0 fully saturated rings. The van der Waals surface area contributed by atoms with Crippen molar-refractivity contribution in [3.8, 4) is 0 Å². The largest absolute Gasteiger partial charge is 0.341 e. The Kier molecular flexibility index (Phi) is 4.67. The van der Waals surface area contributed by atoms with Gasteiger partial charge < -0.3 is 4.90 Å². The van der Waals surface area contributed by atoms with Crippen LogP contribution in [0.3, 0.4) is 0 Å². The van der Waals surface area contributed by atoms with Gasteiger partial charge in [-0.2, -0.15) is 0 Å². The van der Waals surface area contributed by atoms with Gasteiger partial charge in [0.2, 0.25) is 0 Å². The second-order valence-corrected chi connectivity index (χ2v) is 4.83. The van der Waals surface area contributed by atoms with Crippen molar-refractivity contribution in [2.45, 2.75) is 12.8 Å². The molecule has 0 bridgehead atoms. The van der Waals surface area contributed by atoms with E-state index in [2.05, 4.69) is 0 Å². The third-order valence-corrected chi connectivity index (χ3v) is 3.44. The standard InChI is InChI=1S/C15H14Cl2FN/c1-2-19(14-5-3-4-13(18)9-14)15-8-12(17)7-6-11(15)10-16/h3-9H,2,10H2,1H3. The first kappa shape index (κ1) is 14.2. The predicted octanol–water partition coefficient (Wildman–Crippen LogP) is 5.38. The van der Waals surface area contributed by atoms with Crippen molar-refractivity contribution in [2.75, 3.05) is 11.4 Å². The van der Waals surface area contributed by atoms with Gasteiger partial charge in [-0.25, -0.2) is 4.39 Å². The Morgan fingerprint density at radius 1 is 1.16 bits per heavy atom. The van der Waals surface area contributed by atoms with Crippen LogP contribution in [0, 0.1) is 5.82 Å². The number of benzene rings is 2. The molecule has 0 amide bonds. The van der Waals surface area contributed by atoms with Crippen molar-refractivity contribution < 1.29 is 4.39 Å². The lowest BCUT2D eigenvalue weighted by atomic mass is 10.1. The lowest BCUT2D eigenvalue weighted by molar-refractivity contribution is 0.627. The van der Waals surface area contributed by atoms with Gasteiger partial charge in [-0.05, 0) is 42.8 Å². The molecule has 19 heavy (non-hydrogen) atoms. The van der Waals surface area contributed by atoms with E-state index in [-0.39, 0.29) is 5.82 Å². The van der Waals surface area contributed by atoms with Crippen molar-refractivity contribution in [2.24, 2.45) is 0 Å². The fraction of sp³-hybridized carbons (Fsp3) is 0.200. The van der Waals surface area contributed by atoms with Crippen molar-refractivity contribution in [3.63, 3.8) is 0 Å². The Bertz CT molecular complexity index is 572. The van der Waals surface area contributed by atoms with E-state index in [9.17, 15) is 4.39 Å². The maximum absolute atomic E-state index is 13.4. The third kappa shape index (κ3) is 3.20. The SMILES string of the molecule is CCN(c1cccc(F)c1)c1cc(Cl)ccc1CCl. The van der Waals surface area contributed by atoms with Crippen LogP contribution < -0.4 is 4.90 Å². The van der Waals surface area contributed by atoms with Gasteiger partial charge in [0.1, 0.15) is 5.82 Å². The molecule has 0 saturated carbocycles. The maximum atomic E-state index is 13.4. The molecule has 2 rings (SSSR count). The molecule has 0 unspecified atom stereocenters. The fourth-order valence-electron chi connectivity index (χ4n) is 2.04. The highest BCUT2D eigenvalue weighted by molar-refractivity contribution is 6.31. The number of anilines is 2. The summed E-state index contributed by atoms with van der Waals surface area (Å²) in [5.41, 5.74) is 2.67. The highest BCUT2D eigenvalue weighted by Gasteiger charge is 2.12. The van der Waals surface area contributed by atoms with Crippen LogP contribution in [0.25, 0.3) is 0 Å². The number of hydrogen-bond donors (Lipinski definition) is 0. The number of rotatable bonds is 4. The fourth-order valence-corrected chi connectivity index (χ4v) is 2.43. The molecule has 0 aliphatic rings. The molecule has 100 valence electrons. The summed E-state index contributed by atoms with van der Waals surface area (Å²) in [7, 11) is 0. The van der Waals surface area contributed by atoms with Crippen LogP contribution in [-0.4, -0.2) is 6.54 Å². The summed E-state index contributed by atoms with van der Waals surface area (Å²) in [5, 5.41) is 0.638. The van der Waals surface area contributed by atoms with Crippen molar-refractivity contribution in [1.82, 2.24) is 0 Å². The monoisotopic (exact) mass is 297 g/mol. The van der Waals surface area contributed by atoms with E-state index in [4.69, 9.17) is 23.2 Å². The molecule has 4 heteroatoms. The smallest absolute Gasteiger partial charge is 0.125 e. The minimum absolute atomic E-state index is 0.259. The van der Waals surface area contributed by atoms with Crippen LogP contribution in [-0.2, 0) is 5.88 Å². The molecule has 0 aliphatic carbocycles. The van der Waals surface area contributed by atoms with Gasteiger partial charge in [0.25, 0.3) is 0 Å². The Hall–Kier alpha value is -1.25. The minimum atomic E-state index is -0.259. The average Bonchev–Trinajstić information content (AvgIpc) is 2.40. The predicted molar refractivity (Wildman–Crippen MR) is 80.1 cm³/mol. The highest BCUT2D eigenvalue weighted by atomic mass is 35.5. The molecule has 0 N–H and O–H groups in total. The van der Waals surface area contributed by atoms with E-state index in [1.807, 2.05) is 36.1 Å². The van der Waals surface area contributed by atoms with Crippen LogP contribution in [0.5, 0.6) is 0 Å². The molecule has 0 heterocycles. The van der Waals surface area contributed by atoms with Crippen LogP contribution in [0.15, 0.2) is 42.5 Å². The first-order chi connectivity index (χ1) is 9.15. The van der Waals surface area contributed by atoms with Crippen molar-refractivity contribution in [1.29, 1.82) is 0 Å². The summed E-state index contributed by atoms with van der Waals surface area (Å²) < 4.78 is 13.4. The van der Waals surface area contributed by atoms with E-state index < -0.39 is 0 Å². The Morgan fingerprint density at radius 3 is 2.58 bits per heavy atom. The van der Waals surface area contributed by atoms with E-state index >= 15 is 0 Å². The summed E-state index contributed by atoms with van der Waals surface area (Å²) >= 11 is 12.0. The first-order valence-electron chi connectivity index (χ1n) is 6.03. The molecular formula is C15H14Cl2FN. The summed E-state index contributed by atoms with van der Waals surface area (Å²) in [4.78, 5) is 1.99. The van der Waals surface area contributed by atoms with Gasteiger partial charge in [-0.15, -0.1) is 11.6 Å². The Labute approximate surface area is 122 Å².